The van der Waals surface area contributed by atoms with Crippen molar-refractivity contribution in [3.63, 3.8) is 0 Å². The molecule has 8 heteroatoms. The molecular formula is C22H36O7Si. The van der Waals surface area contributed by atoms with Gasteiger partial charge in [-0.25, -0.2) is 4.79 Å². The zero-order valence-corrected chi connectivity index (χ0v) is 19.9. The molecule has 0 saturated carbocycles. The molecule has 0 aromatic heterocycles. The third kappa shape index (κ3) is 9.29. The van der Waals surface area contributed by atoms with E-state index in [9.17, 15) is 4.79 Å². The van der Waals surface area contributed by atoms with Crippen molar-refractivity contribution in [1.29, 1.82) is 0 Å². The van der Waals surface area contributed by atoms with Crippen LogP contribution in [-0.4, -0.2) is 54.9 Å². The van der Waals surface area contributed by atoms with Crippen LogP contribution in [0, 0.1) is 0 Å². The Bertz CT molecular complexity index is 631. The summed E-state index contributed by atoms with van der Waals surface area (Å²) in [5.74, 6) is 0.917. The summed E-state index contributed by atoms with van der Waals surface area (Å²) in [6, 6.07) is 6.33. The predicted molar refractivity (Wildman–Crippen MR) is 119 cm³/mol. The minimum Gasteiger partial charge on any atom is -0.490 e. The van der Waals surface area contributed by atoms with E-state index < -0.39 is 14.8 Å². The molecule has 0 fully saturated rings. The van der Waals surface area contributed by atoms with Crippen molar-refractivity contribution in [1.82, 2.24) is 0 Å². The fraction of sp³-hybridized carbons (Fsp3) is 0.591. The molecule has 0 radical (unpaired) electrons. The van der Waals surface area contributed by atoms with Gasteiger partial charge in [0.25, 0.3) is 0 Å². The molecule has 0 amide bonds. The summed E-state index contributed by atoms with van der Waals surface area (Å²) < 4.78 is 33.9. The van der Waals surface area contributed by atoms with E-state index in [1.54, 1.807) is 6.08 Å². The van der Waals surface area contributed by atoms with Gasteiger partial charge in [-0.15, -0.1) is 0 Å². The lowest BCUT2D eigenvalue weighted by Crippen LogP contribution is -2.45. The van der Waals surface area contributed by atoms with Crippen LogP contribution in [-0.2, 0) is 22.8 Å². The predicted octanol–water partition coefficient (Wildman–Crippen LogP) is 4.48. The van der Waals surface area contributed by atoms with E-state index in [-0.39, 0.29) is 0 Å². The van der Waals surface area contributed by atoms with E-state index in [2.05, 4.69) is 4.74 Å². The summed E-state index contributed by atoms with van der Waals surface area (Å²) in [7, 11) is -1.26. The highest BCUT2D eigenvalue weighted by Crippen LogP contribution is 2.29. The molecule has 0 N–H and O–H groups in total. The van der Waals surface area contributed by atoms with Crippen LogP contribution >= 0.6 is 0 Å². The Labute approximate surface area is 181 Å². The number of carbonyl (C=O) groups is 1. The lowest BCUT2D eigenvalue weighted by atomic mass is 10.2. The van der Waals surface area contributed by atoms with Crippen LogP contribution in [0.25, 0.3) is 6.08 Å². The molecule has 0 unspecified atom stereocenters. The molecule has 0 aliphatic heterocycles. The minimum absolute atomic E-state index is 0.404. The first-order valence-corrected chi connectivity index (χ1v) is 12.5. The van der Waals surface area contributed by atoms with Gasteiger partial charge in [0.2, 0.25) is 0 Å². The fourth-order valence-electron chi connectivity index (χ4n) is 2.88. The van der Waals surface area contributed by atoms with Gasteiger partial charge in [0, 0.05) is 31.9 Å². The normalized spacial score (nSPS) is 11.6. The van der Waals surface area contributed by atoms with Gasteiger partial charge < -0.3 is 27.5 Å². The van der Waals surface area contributed by atoms with Crippen LogP contribution < -0.4 is 9.47 Å². The Morgan fingerprint density at radius 1 is 0.900 bits per heavy atom. The maximum absolute atomic E-state index is 11.3. The number of benzene rings is 1. The molecule has 1 rings (SSSR count). The molecule has 30 heavy (non-hydrogen) atoms. The van der Waals surface area contributed by atoms with Crippen molar-refractivity contribution in [3.05, 3.63) is 29.8 Å². The summed E-state index contributed by atoms with van der Waals surface area (Å²) in [6.45, 7) is 10.6. The van der Waals surface area contributed by atoms with Gasteiger partial charge in [-0.2, -0.15) is 0 Å². The number of rotatable bonds is 16. The standard InChI is InChI=1S/C22H36O7Si/c1-6-25-21-18-19(13-15-22(23)24-5)12-14-20(21)26-16-10-11-17-30(27-7-2,28-8-3)29-9-4/h12-15,18H,6-11,16-17H2,1-5H3. The number of esters is 1. The third-order valence-electron chi connectivity index (χ3n) is 4.11. The summed E-state index contributed by atoms with van der Waals surface area (Å²) >= 11 is 0. The number of ether oxygens (including phenoxy) is 3. The summed E-state index contributed by atoms with van der Waals surface area (Å²) in [5.41, 5.74) is 0.831. The Hall–Kier alpha value is -1.87. The van der Waals surface area contributed by atoms with Gasteiger partial charge in [0.05, 0.1) is 20.3 Å². The lowest BCUT2D eigenvalue weighted by Gasteiger charge is -2.28. The van der Waals surface area contributed by atoms with Gasteiger partial charge in [-0.05, 0) is 64.3 Å². The van der Waals surface area contributed by atoms with Crippen LogP contribution in [0.1, 0.15) is 46.1 Å². The monoisotopic (exact) mass is 440 g/mol. The Kier molecular flexibility index (Phi) is 13.1. The molecule has 7 nitrogen and oxygen atoms in total. The van der Waals surface area contributed by atoms with E-state index in [1.807, 2.05) is 45.9 Å². The zero-order chi connectivity index (χ0) is 22.2. The van der Waals surface area contributed by atoms with Crippen LogP contribution in [0.15, 0.2) is 24.3 Å². The number of carbonyl (C=O) groups excluding carboxylic acids is 1. The van der Waals surface area contributed by atoms with Crippen LogP contribution in [0.3, 0.4) is 0 Å². The summed E-state index contributed by atoms with van der Waals surface area (Å²) in [5, 5.41) is 0. The van der Waals surface area contributed by atoms with Crippen LogP contribution in [0.4, 0.5) is 0 Å². The van der Waals surface area contributed by atoms with E-state index in [4.69, 9.17) is 22.8 Å². The first kappa shape index (κ1) is 26.2. The van der Waals surface area contributed by atoms with Gasteiger partial charge in [-0.3, -0.25) is 0 Å². The quantitative estimate of drug-likeness (QED) is 0.162. The average molecular weight is 441 g/mol. The summed E-state index contributed by atoms with van der Waals surface area (Å²) in [6.07, 6.45) is 4.78. The average Bonchev–Trinajstić information content (AvgIpc) is 2.73. The number of hydrogen-bond donors (Lipinski definition) is 0. The topological polar surface area (TPSA) is 72.5 Å². The van der Waals surface area contributed by atoms with Gasteiger partial charge in [0.15, 0.2) is 11.5 Å². The maximum Gasteiger partial charge on any atom is 0.500 e. The van der Waals surface area contributed by atoms with Crippen LogP contribution in [0.2, 0.25) is 6.04 Å². The highest BCUT2D eigenvalue weighted by molar-refractivity contribution is 6.60. The molecule has 0 aliphatic carbocycles. The lowest BCUT2D eigenvalue weighted by molar-refractivity contribution is -0.134. The highest BCUT2D eigenvalue weighted by atomic mass is 28.4. The van der Waals surface area contributed by atoms with Crippen molar-refractivity contribution in [2.24, 2.45) is 0 Å². The molecule has 1 aromatic carbocycles. The van der Waals surface area contributed by atoms with Gasteiger partial charge >= 0.3 is 14.8 Å². The molecular weight excluding hydrogens is 404 g/mol. The maximum atomic E-state index is 11.3. The number of hydrogen-bond acceptors (Lipinski definition) is 7. The molecule has 0 bridgehead atoms. The van der Waals surface area contributed by atoms with Crippen molar-refractivity contribution >= 4 is 20.8 Å². The molecule has 0 heterocycles. The second-order valence-electron chi connectivity index (χ2n) is 6.28. The van der Waals surface area contributed by atoms with E-state index in [0.29, 0.717) is 44.5 Å². The second kappa shape index (κ2) is 15.0. The summed E-state index contributed by atoms with van der Waals surface area (Å²) in [4.78, 5) is 11.3. The molecule has 0 saturated heterocycles. The zero-order valence-electron chi connectivity index (χ0n) is 18.9. The SMILES string of the molecule is CCOc1cc(C=CC(=O)OC)ccc1OCCCC[Si](OCC)(OCC)OCC. The number of unbranched alkanes of at least 4 members (excludes halogenated alkanes) is 1. The Morgan fingerprint density at radius 3 is 2.13 bits per heavy atom. The van der Waals surface area contributed by atoms with Crippen molar-refractivity contribution < 1.29 is 32.3 Å². The van der Waals surface area contributed by atoms with E-state index in [1.165, 1.54) is 13.2 Å². The molecule has 170 valence electrons. The van der Waals surface area contributed by atoms with Crippen molar-refractivity contribution in [2.75, 3.05) is 40.1 Å². The van der Waals surface area contributed by atoms with E-state index >= 15 is 0 Å². The van der Waals surface area contributed by atoms with Crippen molar-refractivity contribution in [3.8, 4) is 11.5 Å². The second-order valence-corrected chi connectivity index (χ2v) is 9.02. The highest BCUT2D eigenvalue weighted by Gasteiger charge is 2.39. The number of methoxy groups -OCH3 is 1. The van der Waals surface area contributed by atoms with Gasteiger partial charge in [-0.1, -0.05) is 6.07 Å². The first-order valence-electron chi connectivity index (χ1n) is 10.6. The molecule has 0 spiro atoms. The Balaban J connectivity index is 2.64. The largest absolute Gasteiger partial charge is 0.500 e. The van der Waals surface area contributed by atoms with E-state index in [0.717, 1.165) is 24.4 Å². The Morgan fingerprint density at radius 2 is 1.57 bits per heavy atom. The third-order valence-corrected chi connectivity index (χ3v) is 7.26. The molecule has 0 aliphatic rings. The first-order chi connectivity index (χ1) is 14.5. The van der Waals surface area contributed by atoms with Crippen molar-refractivity contribution in [2.45, 2.75) is 46.6 Å². The fourth-order valence-corrected chi connectivity index (χ4v) is 5.56. The smallest absolute Gasteiger partial charge is 0.490 e. The minimum atomic E-state index is -2.60. The molecule has 0 atom stereocenters. The van der Waals surface area contributed by atoms with Gasteiger partial charge in [0.1, 0.15) is 0 Å². The van der Waals surface area contributed by atoms with Crippen LogP contribution in [0.5, 0.6) is 11.5 Å². The molecule has 1 aromatic rings.